The van der Waals surface area contributed by atoms with Crippen molar-refractivity contribution in [1.29, 1.82) is 0 Å². The van der Waals surface area contributed by atoms with Gasteiger partial charge in [0.2, 0.25) is 5.91 Å². The summed E-state index contributed by atoms with van der Waals surface area (Å²) in [6.45, 7) is 8.22. The van der Waals surface area contributed by atoms with Gasteiger partial charge in [0.1, 0.15) is 0 Å². The highest BCUT2D eigenvalue weighted by Crippen LogP contribution is 2.08. The molecule has 4 nitrogen and oxygen atoms in total. The largest absolute Gasteiger partial charge is 0.339 e. The van der Waals surface area contributed by atoms with Crippen molar-refractivity contribution in [3.63, 3.8) is 0 Å². The second kappa shape index (κ2) is 5.32. The zero-order valence-corrected chi connectivity index (χ0v) is 9.20. The number of nitrogens with two attached hydrogens (primary N) is 1. The minimum absolute atomic E-state index is 0.0776. The van der Waals surface area contributed by atoms with Crippen molar-refractivity contribution in [1.82, 2.24) is 9.80 Å². The van der Waals surface area contributed by atoms with Gasteiger partial charge >= 0.3 is 0 Å². The molecule has 82 valence electrons. The third-order valence-electron chi connectivity index (χ3n) is 3.06. The Morgan fingerprint density at radius 3 is 2.36 bits per heavy atom. The Hall–Kier alpha value is -0.610. The maximum Gasteiger partial charge on any atom is 0.236 e. The minimum Gasteiger partial charge on any atom is -0.339 e. The zero-order valence-electron chi connectivity index (χ0n) is 9.20. The Morgan fingerprint density at radius 1 is 1.36 bits per heavy atom. The van der Waals surface area contributed by atoms with Crippen LogP contribution in [0.4, 0.5) is 0 Å². The van der Waals surface area contributed by atoms with E-state index in [0.717, 1.165) is 26.2 Å². The lowest BCUT2D eigenvalue weighted by molar-refractivity contribution is -0.131. The summed E-state index contributed by atoms with van der Waals surface area (Å²) in [5, 5.41) is 0. The highest BCUT2D eigenvalue weighted by Gasteiger charge is 2.22. The normalized spacial score (nSPS) is 20.9. The highest BCUT2D eigenvalue weighted by molar-refractivity contribution is 5.78. The summed E-state index contributed by atoms with van der Waals surface area (Å²) >= 11 is 0. The average molecular weight is 199 g/mol. The van der Waals surface area contributed by atoms with Crippen LogP contribution in [0.15, 0.2) is 0 Å². The van der Waals surface area contributed by atoms with Crippen LogP contribution in [0.25, 0.3) is 0 Å². The summed E-state index contributed by atoms with van der Waals surface area (Å²) in [5.41, 5.74) is 5.32. The molecule has 1 heterocycles. The fourth-order valence-corrected chi connectivity index (χ4v) is 1.80. The number of carbonyl (C=O) groups excluding carboxylic acids is 1. The maximum absolute atomic E-state index is 11.3. The molecule has 1 fully saturated rings. The van der Waals surface area contributed by atoms with Gasteiger partial charge in [0.15, 0.2) is 0 Å². The lowest BCUT2D eigenvalue weighted by Crippen LogP contribution is -2.52. The van der Waals surface area contributed by atoms with Gasteiger partial charge in [-0.15, -0.1) is 0 Å². The van der Waals surface area contributed by atoms with E-state index in [1.807, 2.05) is 4.90 Å². The topological polar surface area (TPSA) is 49.6 Å². The van der Waals surface area contributed by atoms with Crippen molar-refractivity contribution in [2.24, 2.45) is 5.73 Å². The van der Waals surface area contributed by atoms with Crippen molar-refractivity contribution in [2.75, 3.05) is 32.7 Å². The smallest absolute Gasteiger partial charge is 0.236 e. The summed E-state index contributed by atoms with van der Waals surface area (Å²) in [6, 6.07) is 0.630. The van der Waals surface area contributed by atoms with E-state index < -0.39 is 0 Å². The molecular formula is C10H21N3O. The number of carbonyl (C=O) groups is 1. The molecule has 0 bridgehead atoms. The molecule has 0 aliphatic carbocycles. The fourth-order valence-electron chi connectivity index (χ4n) is 1.80. The second-order valence-corrected chi connectivity index (χ2v) is 3.88. The standard InChI is InChI=1S/C10H21N3O/c1-3-9(2)12-4-6-13(7-5-12)10(14)8-11/h9H,3-8,11H2,1-2H3/t9-/m1/s1. The van der Waals surface area contributed by atoms with Gasteiger partial charge in [-0.3, -0.25) is 9.69 Å². The molecule has 14 heavy (non-hydrogen) atoms. The van der Waals surface area contributed by atoms with Gasteiger partial charge in [-0.1, -0.05) is 6.92 Å². The number of rotatable bonds is 3. The molecule has 0 aromatic carbocycles. The average Bonchev–Trinajstić information content (AvgIpc) is 2.27. The Balaban J connectivity index is 2.34. The van der Waals surface area contributed by atoms with E-state index in [9.17, 15) is 4.79 Å². The SMILES string of the molecule is CC[C@@H](C)N1CCN(C(=O)CN)CC1. The van der Waals surface area contributed by atoms with Crippen LogP contribution >= 0.6 is 0 Å². The molecule has 1 saturated heterocycles. The highest BCUT2D eigenvalue weighted by atomic mass is 16.2. The number of nitrogens with zero attached hydrogens (tertiary/aromatic N) is 2. The number of amides is 1. The number of hydrogen-bond donors (Lipinski definition) is 1. The summed E-state index contributed by atoms with van der Waals surface area (Å²) in [6.07, 6.45) is 1.17. The first-order valence-electron chi connectivity index (χ1n) is 5.41. The molecule has 1 atom stereocenters. The monoisotopic (exact) mass is 199 g/mol. The maximum atomic E-state index is 11.3. The van der Waals surface area contributed by atoms with E-state index in [4.69, 9.17) is 5.73 Å². The molecule has 0 aromatic heterocycles. The minimum atomic E-state index is 0.0776. The molecular weight excluding hydrogens is 178 g/mol. The van der Waals surface area contributed by atoms with E-state index >= 15 is 0 Å². The van der Waals surface area contributed by atoms with Crippen molar-refractivity contribution in [3.8, 4) is 0 Å². The Labute approximate surface area is 86.0 Å². The molecule has 1 aliphatic rings. The molecule has 2 N–H and O–H groups in total. The van der Waals surface area contributed by atoms with Crippen LogP contribution in [0.2, 0.25) is 0 Å². The summed E-state index contributed by atoms with van der Waals surface area (Å²) in [4.78, 5) is 15.6. The Morgan fingerprint density at radius 2 is 1.93 bits per heavy atom. The van der Waals surface area contributed by atoms with Gasteiger partial charge < -0.3 is 10.6 Å². The van der Waals surface area contributed by atoms with E-state index in [-0.39, 0.29) is 12.5 Å². The van der Waals surface area contributed by atoms with Gasteiger partial charge in [-0.25, -0.2) is 0 Å². The van der Waals surface area contributed by atoms with Crippen LogP contribution in [0, 0.1) is 0 Å². The third-order valence-corrected chi connectivity index (χ3v) is 3.06. The van der Waals surface area contributed by atoms with Crippen LogP contribution in [-0.2, 0) is 4.79 Å². The predicted octanol–water partition coefficient (Wildman–Crippen LogP) is -0.112. The van der Waals surface area contributed by atoms with Gasteiger partial charge in [-0.2, -0.15) is 0 Å². The molecule has 0 saturated carbocycles. The van der Waals surface area contributed by atoms with E-state index in [1.54, 1.807) is 0 Å². The molecule has 1 rings (SSSR count). The lowest BCUT2D eigenvalue weighted by atomic mass is 10.2. The van der Waals surface area contributed by atoms with Crippen molar-refractivity contribution < 1.29 is 4.79 Å². The van der Waals surface area contributed by atoms with Crippen LogP contribution in [0.3, 0.4) is 0 Å². The predicted molar refractivity (Wildman–Crippen MR) is 57.0 cm³/mol. The molecule has 1 amide bonds. The molecule has 4 heteroatoms. The first kappa shape index (κ1) is 11.5. The third kappa shape index (κ3) is 2.69. The number of piperazine rings is 1. The molecule has 0 aromatic rings. The summed E-state index contributed by atoms with van der Waals surface area (Å²) in [5.74, 6) is 0.0776. The van der Waals surface area contributed by atoms with Crippen molar-refractivity contribution in [3.05, 3.63) is 0 Å². The fraction of sp³-hybridized carbons (Fsp3) is 0.900. The summed E-state index contributed by atoms with van der Waals surface area (Å²) in [7, 11) is 0. The number of hydrogen-bond acceptors (Lipinski definition) is 3. The van der Waals surface area contributed by atoms with Crippen molar-refractivity contribution >= 4 is 5.91 Å². The van der Waals surface area contributed by atoms with Gasteiger partial charge in [0.25, 0.3) is 0 Å². The van der Waals surface area contributed by atoms with Crippen LogP contribution in [0.5, 0.6) is 0 Å². The van der Waals surface area contributed by atoms with E-state index in [1.165, 1.54) is 6.42 Å². The first-order chi connectivity index (χ1) is 6.69. The molecule has 0 radical (unpaired) electrons. The summed E-state index contributed by atoms with van der Waals surface area (Å²) < 4.78 is 0. The zero-order chi connectivity index (χ0) is 10.6. The van der Waals surface area contributed by atoms with Gasteiger partial charge in [0.05, 0.1) is 6.54 Å². The quantitative estimate of drug-likeness (QED) is 0.690. The van der Waals surface area contributed by atoms with Crippen LogP contribution < -0.4 is 5.73 Å². The second-order valence-electron chi connectivity index (χ2n) is 3.88. The van der Waals surface area contributed by atoms with Crippen molar-refractivity contribution in [2.45, 2.75) is 26.3 Å². The molecule has 1 aliphatic heterocycles. The van der Waals surface area contributed by atoms with Gasteiger partial charge in [-0.05, 0) is 13.3 Å². The lowest BCUT2D eigenvalue weighted by Gasteiger charge is -2.37. The van der Waals surface area contributed by atoms with E-state index in [2.05, 4.69) is 18.7 Å². The Bertz CT molecular complexity index is 188. The first-order valence-corrected chi connectivity index (χ1v) is 5.41. The van der Waals surface area contributed by atoms with Crippen LogP contribution in [0.1, 0.15) is 20.3 Å². The Kier molecular flexibility index (Phi) is 4.35. The van der Waals surface area contributed by atoms with E-state index in [0.29, 0.717) is 6.04 Å². The van der Waals surface area contributed by atoms with Crippen LogP contribution in [-0.4, -0.2) is 54.5 Å². The van der Waals surface area contributed by atoms with Gasteiger partial charge in [0, 0.05) is 32.2 Å². The molecule has 0 spiro atoms. The molecule has 0 unspecified atom stereocenters.